The number of aryl methyl sites for hydroxylation is 1. The van der Waals surface area contributed by atoms with Gasteiger partial charge in [0.25, 0.3) is 5.91 Å². The maximum atomic E-state index is 13.0. The Balaban J connectivity index is 1.63. The maximum Gasteiger partial charge on any atom is 0.257 e. The van der Waals surface area contributed by atoms with Gasteiger partial charge in [0.15, 0.2) is 11.4 Å². The smallest absolute Gasteiger partial charge is 0.257 e. The van der Waals surface area contributed by atoms with E-state index in [9.17, 15) is 4.79 Å². The zero-order valence-electron chi connectivity index (χ0n) is 17.1. The van der Waals surface area contributed by atoms with Gasteiger partial charge < -0.3 is 10.1 Å². The van der Waals surface area contributed by atoms with Crippen molar-refractivity contribution in [3.8, 4) is 11.6 Å². The van der Waals surface area contributed by atoms with Crippen molar-refractivity contribution >= 4 is 45.8 Å². The van der Waals surface area contributed by atoms with E-state index < -0.39 is 0 Å². The third-order valence-corrected chi connectivity index (χ3v) is 5.09. The molecule has 7 nitrogen and oxygen atoms in total. The first kappa shape index (κ1) is 21.1. The maximum absolute atomic E-state index is 13.0. The van der Waals surface area contributed by atoms with E-state index in [1.807, 2.05) is 18.5 Å². The first-order valence-electron chi connectivity index (χ1n) is 9.57. The number of pyridine rings is 2. The summed E-state index contributed by atoms with van der Waals surface area (Å²) in [6, 6.07) is 10.5. The van der Waals surface area contributed by atoms with E-state index in [1.165, 1.54) is 12.3 Å². The molecule has 0 radical (unpaired) electrons. The van der Waals surface area contributed by atoms with E-state index >= 15 is 0 Å². The van der Waals surface area contributed by atoms with Crippen LogP contribution in [0.15, 0.2) is 48.8 Å². The van der Waals surface area contributed by atoms with E-state index in [0.29, 0.717) is 27.7 Å². The van der Waals surface area contributed by atoms with Crippen molar-refractivity contribution in [2.24, 2.45) is 0 Å². The lowest BCUT2D eigenvalue weighted by atomic mass is 10.1. The minimum Gasteiger partial charge on any atom is -0.435 e. The average Bonchev–Trinajstić information content (AvgIpc) is 3.13. The van der Waals surface area contributed by atoms with E-state index in [2.05, 4.69) is 20.4 Å². The van der Waals surface area contributed by atoms with Crippen molar-refractivity contribution in [1.82, 2.24) is 19.7 Å². The number of rotatable bonds is 5. The monoisotopic (exact) mass is 455 g/mol. The largest absolute Gasteiger partial charge is 0.435 e. The van der Waals surface area contributed by atoms with E-state index in [-0.39, 0.29) is 22.9 Å². The van der Waals surface area contributed by atoms with Crippen molar-refractivity contribution in [3.05, 3.63) is 70.1 Å². The standard InChI is InChI=1S/C22H19Cl2N5O2/c1-12(2)29-20-14(10-26-29)8-16(13(3)27-20)21(30)28-18-6-4-5-7-19(18)31-22-17(24)9-15(23)11-25-22/h4-12H,1-3H3,(H,28,30). The predicted molar refractivity (Wildman–Crippen MR) is 121 cm³/mol. The molecule has 0 fully saturated rings. The van der Waals surface area contributed by atoms with Gasteiger partial charge in [-0.1, -0.05) is 35.3 Å². The van der Waals surface area contributed by atoms with Gasteiger partial charge in [0.2, 0.25) is 5.88 Å². The second-order valence-corrected chi connectivity index (χ2v) is 8.05. The molecule has 0 unspecified atom stereocenters. The topological polar surface area (TPSA) is 81.9 Å². The summed E-state index contributed by atoms with van der Waals surface area (Å²) in [6.45, 7) is 5.86. The van der Waals surface area contributed by atoms with Crippen LogP contribution in [0.5, 0.6) is 11.6 Å². The number of hydrogen-bond donors (Lipinski definition) is 1. The highest BCUT2D eigenvalue weighted by atomic mass is 35.5. The lowest BCUT2D eigenvalue weighted by Crippen LogP contribution is -2.15. The molecule has 1 amide bonds. The second kappa shape index (κ2) is 8.53. The molecular weight excluding hydrogens is 437 g/mol. The number of nitrogens with zero attached hydrogens (tertiary/aromatic N) is 4. The molecule has 9 heteroatoms. The van der Waals surface area contributed by atoms with Crippen molar-refractivity contribution in [2.45, 2.75) is 26.8 Å². The summed E-state index contributed by atoms with van der Waals surface area (Å²) in [6.07, 6.45) is 3.15. The van der Waals surface area contributed by atoms with Gasteiger partial charge >= 0.3 is 0 Å². The highest BCUT2D eigenvalue weighted by Gasteiger charge is 2.17. The number of aromatic nitrogens is 4. The molecule has 1 aromatic carbocycles. The minimum atomic E-state index is -0.310. The lowest BCUT2D eigenvalue weighted by Gasteiger charge is -2.13. The van der Waals surface area contributed by atoms with Crippen LogP contribution in [0, 0.1) is 6.92 Å². The molecule has 1 N–H and O–H groups in total. The zero-order chi connectivity index (χ0) is 22.1. The number of carbonyl (C=O) groups is 1. The number of amides is 1. The fourth-order valence-corrected chi connectivity index (χ4v) is 3.52. The van der Waals surface area contributed by atoms with Crippen LogP contribution in [0.25, 0.3) is 11.0 Å². The minimum absolute atomic E-state index is 0.168. The molecular formula is C22H19Cl2N5O2. The number of halogens is 2. The van der Waals surface area contributed by atoms with Crippen molar-refractivity contribution in [1.29, 1.82) is 0 Å². The first-order valence-corrected chi connectivity index (χ1v) is 10.3. The quantitative estimate of drug-likeness (QED) is 0.394. The summed E-state index contributed by atoms with van der Waals surface area (Å²) in [4.78, 5) is 21.7. The zero-order valence-corrected chi connectivity index (χ0v) is 18.6. The highest BCUT2D eigenvalue weighted by molar-refractivity contribution is 6.35. The summed E-state index contributed by atoms with van der Waals surface area (Å²) in [7, 11) is 0. The third kappa shape index (κ3) is 4.33. The van der Waals surface area contributed by atoms with Gasteiger partial charge in [0.1, 0.15) is 5.02 Å². The second-order valence-electron chi connectivity index (χ2n) is 7.21. The van der Waals surface area contributed by atoms with Crippen LogP contribution in [0.4, 0.5) is 5.69 Å². The summed E-state index contributed by atoms with van der Waals surface area (Å²) >= 11 is 12.0. The Morgan fingerprint density at radius 2 is 1.94 bits per heavy atom. The summed E-state index contributed by atoms with van der Waals surface area (Å²) in [5.41, 5.74) is 2.27. The SMILES string of the molecule is Cc1nc2c(cnn2C(C)C)cc1C(=O)Nc1ccccc1Oc1ncc(Cl)cc1Cl. The fourth-order valence-electron chi connectivity index (χ4n) is 3.10. The van der Waals surface area contributed by atoms with Crippen LogP contribution < -0.4 is 10.1 Å². The van der Waals surface area contributed by atoms with Gasteiger partial charge in [-0.25, -0.2) is 14.6 Å². The Labute approximate surface area is 189 Å². The molecule has 0 saturated carbocycles. The molecule has 0 saturated heterocycles. The number of ether oxygens (including phenoxy) is 1. The number of anilines is 1. The summed E-state index contributed by atoms with van der Waals surface area (Å²) < 4.78 is 7.65. The van der Waals surface area contributed by atoms with Gasteiger partial charge in [0.05, 0.1) is 28.2 Å². The van der Waals surface area contributed by atoms with E-state index in [1.54, 1.807) is 43.5 Å². The van der Waals surface area contributed by atoms with Crippen LogP contribution >= 0.6 is 23.2 Å². The third-order valence-electron chi connectivity index (χ3n) is 4.61. The van der Waals surface area contributed by atoms with Gasteiger partial charge in [-0.3, -0.25) is 4.79 Å². The first-order chi connectivity index (χ1) is 14.8. The molecule has 0 spiro atoms. The molecule has 0 aliphatic carbocycles. The Morgan fingerprint density at radius 3 is 2.68 bits per heavy atom. The molecule has 0 atom stereocenters. The van der Waals surface area contributed by atoms with Gasteiger partial charge in [-0.05, 0) is 45.0 Å². The van der Waals surface area contributed by atoms with Gasteiger partial charge in [0, 0.05) is 17.6 Å². The Bertz CT molecular complexity index is 1290. The normalized spacial score (nSPS) is 11.2. The van der Waals surface area contributed by atoms with Crippen molar-refractivity contribution < 1.29 is 9.53 Å². The molecule has 0 aliphatic heterocycles. The predicted octanol–water partition coefficient (Wildman–Crippen LogP) is 6.07. The molecule has 31 heavy (non-hydrogen) atoms. The van der Waals surface area contributed by atoms with Crippen LogP contribution in [0.1, 0.15) is 35.9 Å². The number of para-hydroxylation sites is 2. The molecule has 4 rings (SSSR count). The number of hydrogen-bond acceptors (Lipinski definition) is 5. The van der Waals surface area contributed by atoms with E-state index in [0.717, 1.165) is 11.0 Å². The fraction of sp³-hybridized carbons (Fsp3) is 0.182. The highest BCUT2D eigenvalue weighted by Crippen LogP contribution is 2.33. The molecule has 158 valence electrons. The Morgan fingerprint density at radius 1 is 1.16 bits per heavy atom. The lowest BCUT2D eigenvalue weighted by molar-refractivity contribution is 0.102. The molecule has 3 aromatic heterocycles. The molecule has 3 heterocycles. The van der Waals surface area contributed by atoms with Gasteiger partial charge in [-0.15, -0.1) is 0 Å². The number of fused-ring (bicyclic) bond motifs is 1. The number of carbonyl (C=O) groups excluding carboxylic acids is 1. The number of benzene rings is 1. The molecule has 0 aliphatic rings. The molecule has 4 aromatic rings. The van der Waals surface area contributed by atoms with E-state index in [4.69, 9.17) is 27.9 Å². The van der Waals surface area contributed by atoms with Crippen molar-refractivity contribution in [3.63, 3.8) is 0 Å². The van der Waals surface area contributed by atoms with Crippen LogP contribution in [-0.2, 0) is 0 Å². The Hall–Kier alpha value is -3.16. The summed E-state index contributed by atoms with van der Waals surface area (Å²) in [5, 5.41) is 8.72. The van der Waals surface area contributed by atoms with Crippen LogP contribution in [0.2, 0.25) is 10.0 Å². The van der Waals surface area contributed by atoms with Crippen LogP contribution in [0.3, 0.4) is 0 Å². The van der Waals surface area contributed by atoms with Crippen molar-refractivity contribution in [2.75, 3.05) is 5.32 Å². The average molecular weight is 456 g/mol. The van der Waals surface area contributed by atoms with Crippen LogP contribution in [-0.4, -0.2) is 25.7 Å². The number of nitrogens with one attached hydrogen (secondary N) is 1. The summed E-state index contributed by atoms with van der Waals surface area (Å²) in [5.74, 6) is 0.274. The Kier molecular flexibility index (Phi) is 5.80. The van der Waals surface area contributed by atoms with Gasteiger partial charge in [-0.2, -0.15) is 5.10 Å². The molecule has 0 bridgehead atoms.